The van der Waals surface area contributed by atoms with Gasteiger partial charge in [-0.1, -0.05) is 20.3 Å². The summed E-state index contributed by atoms with van der Waals surface area (Å²) in [5.74, 6) is -0.181. The molecule has 80 valence electrons. The molecule has 0 aliphatic heterocycles. The fourth-order valence-corrected chi connectivity index (χ4v) is 0.340. The van der Waals surface area contributed by atoms with Gasteiger partial charge in [0.25, 0.3) is 0 Å². The second kappa shape index (κ2) is 13.9. The van der Waals surface area contributed by atoms with Crippen LogP contribution in [-0.4, -0.2) is 23.0 Å². The lowest BCUT2D eigenvalue weighted by Crippen LogP contribution is -2.38. The summed E-state index contributed by atoms with van der Waals surface area (Å²) < 4.78 is 0. The Balaban J connectivity index is -0.000000169. The van der Waals surface area contributed by atoms with Crippen molar-refractivity contribution in [3.05, 3.63) is 13.2 Å². The Labute approximate surface area is 81.6 Å². The zero-order valence-corrected chi connectivity index (χ0v) is 9.21. The number of carbonyl (C=O) groups excluding carboxylic acids is 1. The molecule has 0 spiro atoms. The monoisotopic (exact) mass is 189 g/mol. The SMILES string of the molecule is C=C.CC(=O)C(N)[C@@H](C)O.CCC. The molecule has 0 aromatic carbocycles. The van der Waals surface area contributed by atoms with Crippen molar-refractivity contribution >= 4 is 5.78 Å². The van der Waals surface area contributed by atoms with Gasteiger partial charge in [-0.05, 0) is 13.8 Å². The summed E-state index contributed by atoms with van der Waals surface area (Å²) in [6.45, 7) is 13.1. The van der Waals surface area contributed by atoms with Gasteiger partial charge in [-0.2, -0.15) is 0 Å². The number of nitrogens with two attached hydrogens (primary N) is 1. The fourth-order valence-electron chi connectivity index (χ4n) is 0.340. The normalized spacial score (nSPS) is 12.5. The van der Waals surface area contributed by atoms with E-state index >= 15 is 0 Å². The van der Waals surface area contributed by atoms with Crippen LogP contribution < -0.4 is 5.73 Å². The average molecular weight is 189 g/mol. The number of aliphatic hydroxyl groups is 1. The summed E-state index contributed by atoms with van der Waals surface area (Å²) in [7, 11) is 0. The van der Waals surface area contributed by atoms with Crippen molar-refractivity contribution in [3.63, 3.8) is 0 Å². The number of rotatable bonds is 2. The largest absolute Gasteiger partial charge is 0.391 e. The fraction of sp³-hybridized carbons (Fsp3) is 0.700. The number of aliphatic hydroxyl groups excluding tert-OH is 1. The number of hydrogen-bond acceptors (Lipinski definition) is 3. The third-order valence-corrected chi connectivity index (χ3v) is 0.989. The van der Waals surface area contributed by atoms with Crippen LogP contribution in [0.4, 0.5) is 0 Å². The molecule has 13 heavy (non-hydrogen) atoms. The Kier molecular flexibility index (Phi) is 19.4. The van der Waals surface area contributed by atoms with Gasteiger partial charge in [0.1, 0.15) is 5.78 Å². The molecule has 0 rings (SSSR count). The van der Waals surface area contributed by atoms with E-state index in [1.165, 1.54) is 20.3 Å². The van der Waals surface area contributed by atoms with Crippen molar-refractivity contribution in [2.45, 2.75) is 46.3 Å². The van der Waals surface area contributed by atoms with Gasteiger partial charge in [-0.25, -0.2) is 0 Å². The van der Waals surface area contributed by atoms with Gasteiger partial charge >= 0.3 is 0 Å². The van der Waals surface area contributed by atoms with E-state index in [0.29, 0.717) is 0 Å². The van der Waals surface area contributed by atoms with Crippen LogP contribution in [0.5, 0.6) is 0 Å². The molecule has 0 saturated heterocycles. The maximum absolute atomic E-state index is 10.3. The number of Topliss-reactive ketones (excluding diaryl/α,β-unsaturated/α-hetero) is 1. The highest BCUT2D eigenvalue weighted by Gasteiger charge is 2.12. The van der Waals surface area contributed by atoms with Crippen LogP contribution >= 0.6 is 0 Å². The Morgan fingerprint density at radius 1 is 1.46 bits per heavy atom. The molecule has 0 fully saturated rings. The van der Waals surface area contributed by atoms with Crippen molar-refractivity contribution in [3.8, 4) is 0 Å². The van der Waals surface area contributed by atoms with Crippen molar-refractivity contribution in [1.29, 1.82) is 0 Å². The lowest BCUT2D eigenvalue weighted by molar-refractivity contribution is -0.120. The maximum atomic E-state index is 10.3. The predicted molar refractivity (Wildman–Crippen MR) is 57.6 cm³/mol. The van der Waals surface area contributed by atoms with Gasteiger partial charge < -0.3 is 10.8 Å². The first kappa shape index (κ1) is 18.2. The standard InChI is InChI=1S/C5H11NO2.C3H8.C2H4/c1-3(7)5(6)4(2)8;1-3-2;1-2/h3,5,7H,6H2,1-2H3;3H2,1-2H3;1-2H2/t3-,5?;;/m1../s1. The average Bonchev–Trinajstić information content (AvgIpc) is 2.08. The molecule has 0 amide bonds. The summed E-state index contributed by atoms with van der Waals surface area (Å²) in [5, 5.41) is 8.65. The van der Waals surface area contributed by atoms with Crippen molar-refractivity contribution < 1.29 is 9.90 Å². The van der Waals surface area contributed by atoms with Crippen LogP contribution in [0.2, 0.25) is 0 Å². The minimum atomic E-state index is -0.729. The zero-order chi connectivity index (χ0) is 11.4. The lowest BCUT2D eigenvalue weighted by atomic mass is 10.1. The highest BCUT2D eigenvalue weighted by Crippen LogP contribution is 1.87. The molecule has 0 aromatic heterocycles. The molecule has 3 N–H and O–H groups in total. The Hall–Kier alpha value is -0.670. The molecule has 0 radical (unpaired) electrons. The van der Waals surface area contributed by atoms with Crippen LogP contribution in [0.3, 0.4) is 0 Å². The minimum absolute atomic E-state index is 0.181. The smallest absolute Gasteiger partial charge is 0.149 e. The van der Waals surface area contributed by atoms with Crippen LogP contribution in [0, 0.1) is 0 Å². The van der Waals surface area contributed by atoms with E-state index in [-0.39, 0.29) is 5.78 Å². The highest BCUT2D eigenvalue weighted by molar-refractivity contribution is 5.81. The molecule has 0 saturated carbocycles. The van der Waals surface area contributed by atoms with Crippen molar-refractivity contribution in [1.82, 2.24) is 0 Å². The molecule has 0 bridgehead atoms. The van der Waals surface area contributed by atoms with E-state index in [9.17, 15) is 4.79 Å². The van der Waals surface area contributed by atoms with E-state index in [1.54, 1.807) is 0 Å². The Morgan fingerprint density at radius 3 is 1.69 bits per heavy atom. The van der Waals surface area contributed by atoms with Gasteiger partial charge in [0.2, 0.25) is 0 Å². The molecule has 3 nitrogen and oxygen atoms in total. The maximum Gasteiger partial charge on any atom is 0.149 e. The molecule has 2 atom stereocenters. The quantitative estimate of drug-likeness (QED) is 0.647. The molecular weight excluding hydrogens is 166 g/mol. The molecule has 0 aromatic rings. The lowest BCUT2D eigenvalue weighted by Gasteiger charge is -2.08. The second-order valence-electron chi connectivity index (χ2n) is 2.58. The number of carbonyl (C=O) groups is 1. The van der Waals surface area contributed by atoms with Crippen LogP contribution in [0.15, 0.2) is 13.2 Å². The predicted octanol–water partition coefficient (Wildman–Crippen LogP) is 1.50. The Morgan fingerprint density at radius 2 is 1.69 bits per heavy atom. The van der Waals surface area contributed by atoms with Gasteiger partial charge in [0.15, 0.2) is 0 Å². The van der Waals surface area contributed by atoms with Gasteiger partial charge in [-0.15, -0.1) is 13.2 Å². The summed E-state index contributed by atoms with van der Waals surface area (Å²) in [6.07, 6.45) is 0.521. The van der Waals surface area contributed by atoms with Gasteiger partial charge in [0.05, 0.1) is 12.1 Å². The van der Waals surface area contributed by atoms with E-state index in [0.717, 1.165) is 0 Å². The molecule has 0 aliphatic rings. The number of hydrogen-bond donors (Lipinski definition) is 2. The van der Waals surface area contributed by atoms with Gasteiger partial charge in [-0.3, -0.25) is 4.79 Å². The first-order valence-electron chi connectivity index (χ1n) is 4.41. The Bertz CT molecular complexity index is 113. The highest BCUT2D eigenvalue weighted by atomic mass is 16.3. The van der Waals surface area contributed by atoms with Crippen molar-refractivity contribution in [2.24, 2.45) is 5.73 Å². The summed E-state index contributed by atoms with van der Waals surface area (Å²) in [6, 6.07) is -0.713. The third kappa shape index (κ3) is 18.4. The zero-order valence-electron chi connectivity index (χ0n) is 9.21. The summed E-state index contributed by atoms with van der Waals surface area (Å²) >= 11 is 0. The third-order valence-electron chi connectivity index (χ3n) is 0.989. The van der Waals surface area contributed by atoms with E-state index in [4.69, 9.17) is 10.8 Å². The molecule has 1 unspecified atom stereocenters. The van der Waals surface area contributed by atoms with Gasteiger partial charge in [0, 0.05) is 0 Å². The van der Waals surface area contributed by atoms with E-state index in [2.05, 4.69) is 27.0 Å². The molecular formula is C10H23NO2. The summed E-state index contributed by atoms with van der Waals surface area (Å²) in [4.78, 5) is 10.3. The second-order valence-corrected chi connectivity index (χ2v) is 2.58. The van der Waals surface area contributed by atoms with Crippen LogP contribution in [-0.2, 0) is 4.79 Å². The molecule has 0 heterocycles. The van der Waals surface area contributed by atoms with Crippen LogP contribution in [0.1, 0.15) is 34.1 Å². The first-order valence-corrected chi connectivity index (χ1v) is 4.41. The topological polar surface area (TPSA) is 63.3 Å². The molecule has 3 heteroatoms. The van der Waals surface area contributed by atoms with E-state index in [1.807, 2.05) is 0 Å². The molecule has 0 aliphatic carbocycles. The minimum Gasteiger partial charge on any atom is -0.391 e. The van der Waals surface area contributed by atoms with E-state index < -0.39 is 12.1 Å². The first-order chi connectivity index (χ1) is 5.97. The van der Waals surface area contributed by atoms with Crippen LogP contribution in [0.25, 0.3) is 0 Å². The van der Waals surface area contributed by atoms with Crippen molar-refractivity contribution in [2.75, 3.05) is 0 Å². The number of ketones is 1. The summed E-state index contributed by atoms with van der Waals surface area (Å²) in [5.41, 5.74) is 5.16.